The second-order valence-corrected chi connectivity index (χ2v) is 6.36. The molecule has 0 atom stereocenters. The fourth-order valence-electron chi connectivity index (χ4n) is 2.00. The van der Waals surface area contributed by atoms with E-state index in [4.69, 9.17) is 10.2 Å². The average Bonchev–Trinajstić information content (AvgIpc) is 2.87. The number of benzene rings is 1. The zero-order valence-corrected chi connectivity index (χ0v) is 12.3. The lowest BCUT2D eigenvalue weighted by Gasteiger charge is -2.13. The Hall–Kier alpha value is -1.79. The first-order chi connectivity index (χ1) is 9.42. The summed E-state index contributed by atoms with van der Waals surface area (Å²) < 4.78 is 32.4. The van der Waals surface area contributed by atoms with Crippen LogP contribution in [0.25, 0.3) is 0 Å². The SMILES string of the molecule is Cc1ccc(N)c(S(=O)(=O)NCCc2ccco2)c1C. The van der Waals surface area contributed by atoms with E-state index in [-0.39, 0.29) is 17.1 Å². The summed E-state index contributed by atoms with van der Waals surface area (Å²) in [6.07, 6.45) is 2.06. The van der Waals surface area contributed by atoms with Crippen molar-refractivity contribution in [3.8, 4) is 0 Å². The minimum Gasteiger partial charge on any atom is -0.469 e. The maximum atomic E-state index is 12.3. The fraction of sp³-hybridized carbons (Fsp3) is 0.286. The maximum absolute atomic E-state index is 12.3. The van der Waals surface area contributed by atoms with E-state index in [0.717, 1.165) is 11.3 Å². The first-order valence-corrected chi connectivity index (χ1v) is 7.78. The smallest absolute Gasteiger partial charge is 0.242 e. The summed E-state index contributed by atoms with van der Waals surface area (Å²) in [6, 6.07) is 7.00. The Bertz CT molecular complexity index is 691. The van der Waals surface area contributed by atoms with Crippen LogP contribution in [0.3, 0.4) is 0 Å². The van der Waals surface area contributed by atoms with Gasteiger partial charge in [-0.25, -0.2) is 13.1 Å². The van der Waals surface area contributed by atoms with Crippen LogP contribution in [0, 0.1) is 13.8 Å². The normalized spacial score (nSPS) is 11.7. The van der Waals surface area contributed by atoms with Crippen LogP contribution >= 0.6 is 0 Å². The Kier molecular flexibility index (Phi) is 4.15. The van der Waals surface area contributed by atoms with E-state index in [1.165, 1.54) is 0 Å². The van der Waals surface area contributed by atoms with E-state index in [2.05, 4.69) is 4.72 Å². The quantitative estimate of drug-likeness (QED) is 0.826. The lowest BCUT2D eigenvalue weighted by Crippen LogP contribution is -2.27. The van der Waals surface area contributed by atoms with Crippen LogP contribution in [0.4, 0.5) is 5.69 Å². The second kappa shape index (κ2) is 5.68. The van der Waals surface area contributed by atoms with Crippen LogP contribution < -0.4 is 10.5 Å². The Morgan fingerprint density at radius 1 is 1.25 bits per heavy atom. The molecule has 0 unspecified atom stereocenters. The molecule has 0 spiro atoms. The summed E-state index contributed by atoms with van der Waals surface area (Å²) in [4.78, 5) is 0.164. The molecule has 20 heavy (non-hydrogen) atoms. The van der Waals surface area contributed by atoms with E-state index in [0.29, 0.717) is 12.0 Å². The van der Waals surface area contributed by atoms with E-state index in [1.54, 1.807) is 31.4 Å². The van der Waals surface area contributed by atoms with E-state index >= 15 is 0 Å². The van der Waals surface area contributed by atoms with Gasteiger partial charge in [0.2, 0.25) is 10.0 Å². The summed E-state index contributed by atoms with van der Waals surface area (Å²) in [5.74, 6) is 0.738. The van der Waals surface area contributed by atoms with Gasteiger partial charge in [-0.15, -0.1) is 0 Å². The van der Waals surface area contributed by atoms with Crippen LogP contribution in [0.5, 0.6) is 0 Å². The molecule has 0 aliphatic heterocycles. The highest BCUT2D eigenvalue weighted by Crippen LogP contribution is 2.24. The number of hydrogen-bond donors (Lipinski definition) is 2. The molecule has 0 radical (unpaired) electrons. The summed E-state index contributed by atoms with van der Waals surface area (Å²) in [7, 11) is -3.61. The van der Waals surface area contributed by atoms with Gasteiger partial charge in [-0.3, -0.25) is 0 Å². The monoisotopic (exact) mass is 294 g/mol. The zero-order valence-electron chi connectivity index (χ0n) is 11.5. The van der Waals surface area contributed by atoms with E-state index < -0.39 is 10.0 Å². The molecular weight excluding hydrogens is 276 g/mol. The van der Waals surface area contributed by atoms with E-state index in [9.17, 15) is 8.42 Å². The van der Waals surface area contributed by atoms with E-state index in [1.807, 2.05) is 13.0 Å². The number of aryl methyl sites for hydroxylation is 1. The lowest BCUT2D eigenvalue weighted by molar-refractivity contribution is 0.506. The van der Waals surface area contributed by atoms with Gasteiger partial charge in [0.15, 0.2) is 0 Å². The first-order valence-electron chi connectivity index (χ1n) is 6.29. The fourth-order valence-corrected chi connectivity index (χ4v) is 3.46. The van der Waals surface area contributed by atoms with Crippen molar-refractivity contribution in [3.05, 3.63) is 47.4 Å². The van der Waals surface area contributed by atoms with Gasteiger partial charge in [0.05, 0.1) is 12.0 Å². The third kappa shape index (κ3) is 3.02. The molecule has 0 saturated carbocycles. The molecule has 0 aliphatic carbocycles. The molecule has 0 bridgehead atoms. The third-order valence-corrected chi connectivity index (χ3v) is 4.88. The molecule has 2 aromatic rings. The number of sulfonamides is 1. The first kappa shape index (κ1) is 14.6. The molecule has 0 aliphatic rings. The summed E-state index contributed by atoms with van der Waals surface area (Å²) >= 11 is 0. The number of nitrogen functional groups attached to an aromatic ring is 1. The molecule has 1 aromatic heterocycles. The largest absolute Gasteiger partial charge is 0.469 e. The number of anilines is 1. The molecule has 108 valence electrons. The van der Waals surface area contributed by atoms with Gasteiger partial charge in [-0.2, -0.15) is 0 Å². The molecule has 0 saturated heterocycles. The van der Waals surface area contributed by atoms with Crippen molar-refractivity contribution in [2.24, 2.45) is 0 Å². The van der Waals surface area contributed by atoms with Crippen molar-refractivity contribution in [2.45, 2.75) is 25.2 Å². The number of nitrogens with one attached hydrogen (secondary N) is 1. The highest BCUT2D eigenvalue weighted by atomic mass is 32.2. The van der Waals surface area contributed by atoms with Gasteiger partial charge < -0.3 is 10.2 Å². The van der Waals surface area contributed by atoms with Crippen molar-refractivity contribution in [2.75, 3.05) is 12.3 Å². The average molecular weight is 294 g/mol. The second-order valence-electron chi connectivity index (χ2n) is 4.65. The lowest BCUT2D eigenvalue weighted by atomic mass is 10.1. The van der Waals surface area contributed by atoms with Crippen molar-refractivity contribution in [1.29, 1.82) is 0 Å². The number of furan rings is 1. The maximum Gasteiger partial charge on any atom is 0.242 e. The van der Waals surface area contributed by atoms with Gasteiger partial charge in [-0.05, 0) is 43.2 Å². The number of hydrogen-bond acceptors (Lipinski definition) is 4. The molecular formula is C14H18N2O3S. The van der Waals surface area contributed by atoms with Crippen molar-refractivity contribution in [1.82, 2.24) is 4.72 Å². The van der Waals surface area contributed by atoms with Gasteiger partial charge in [0.25, 0.3) is 0 Å². The molecule has 0 amide bonds. The minimum atomic E-state index is -3.61. The topological polar surface area (TPSA) is 85.3 Å². The Morgan fingerprint density at radius 3 is 2.65 bits per heavy atom. The molecule has 1 heterocycles. The zero-order chi connectivity index (χ0) is 14.8. The Labute approximate surface area is 118 Å². The van der Waals surface area contributed by atoms with Crippen LogP contribution in [0.15, 0.2) is 39.8 Å². The third-order valence-electron chi connectivity index (χ3n) is 3.22. The minimum absolute atomic E-state index is 0.164. The van der Waals surface area contributed by atoms with Gasteiger partial charge in [0.1, 0.15) is 10.7 Å². The van der Waals surface area contributed by atoms with Gasteiger partial charge >= 0.3 is 0 Å². The molecule has 5 nitrogen and oxygen atoms in total. The van der Waals surface area contributed by atoms with Gasteiger partial charge in [-0.1, -0.05) is 6.07 Å². The highest BCUT2D eigenvalue weighted by molar-refractivity contribution is 7.89. The van der Waals surface area contributed by atoms with Crippen molar-refractivity contribution in [3.63, 3.8) is 0 Å². The standard InChI is InChI=1S/C14H18N2O3S/c1-10-5-6-13(15)14(11(10)2)20(17,18)16-8-7-12-4-3-9-19-12/h3-6,9,16H,7-8,15H2,1-2H3. The van der Waals surface area contributed by atoms with Crippen molar-refractivity contribution >= 4 is 15.7 Å². The predicted octanol–water partition coefficient (Wildman–Crippen LogP) is 2.00. The molecule has 1 aromatic carbocycles. The van der Waals surface area contributed by atoms with Crippen LogP contribution in [0.1, 0.15) is 16.9 Å². The van der Waals surface area contributed by atoms with Crippen LogP contribution in [0.2, 0.25) is 0 Å². The molecule has 0 fully saturated rings. The predicted molar refractivity (Wildman–Crippen MR) is 77.9 cm³/mol. The van der Waals surface area contributed by atoms with Crippen LogP contribution in [-0.2, 0) is 16.4 Å². The summed E-state index contributed by atoms with van der Waals surface area (Å²) in [6.45, 7) is 3.88. The highest BCUT2D eigenvalue weighted by Gasteiger charge is 2.20. The summed E-state index contributed by atoms with van der Waals surface area (Å²) in [5.41, 5.74) is 7.64. The van der Waals surface area contributed by atoms with Crippen molar-refractivity contribution < 1.29 is 12.8 Å². The Balaban J connectivity index is 2.16. The summed E-state index contributed by atoms with van der Waals surface area (Å²) in [5, 5.41) is 0. The van der Waals surface area contributed by atoms with Crippen LogP contribution in [-0.4, -0.2) is 15.0 Å². The number of nitrogens with two attached hydrogens (primary N) is 1. The molecule has 3 N–H and O–H groups in total. The Morgan fingerprint density at radius 2 is 2.00 bits per heavy atom. The van der Waals surface area contributed by atoms with Gasteiger partial charge in [0, 0.05) is 13.0 Å². The molecule has 2 rings (SSSR count). The number of rotatable bonds is 5. The molecule has 6 heteroatoms.